The Morgan fingerprint density at radius 1 is 0.600 bits per heavy atom. The molecule has 6 nitrogen and oxygen atoms in total. The standard InChI is InChI=1S/C44H46N2O4/c1-33-40-29-39(49-31-35-12-6-3-7-13-35)21-22-41(40)46(30-34-16-19-38(20-17-34)48-27-26-45-24-10-5-11-25-45)44(33)37-18-23-42(43(28-37)47-2)50-32-36-14-8-4-9-15-36/h3-4,6-9,12-23,28-29H,5,10-11,24-27,30-32H2,1-2H3. The van der Waals surface area contributed by atoms with Crippen LogP contribution in [-0.2, 0) is 19.8 Å². The van der Waals surface area contributed by atoms with E-state index in [0.717, 1.165) is 51.3 Å². The first-order valence-corrected chi connectivity index (χ1v) is 17.7. The molecule has 0 N–H and O–H groups in total. The number of methoxy groups -OCH3 is 1. The van der Waals surface area contributed by atoms with Crippen molar-refractivity contribution in [2.45, 2.75) is 45.9 Å². The van der Waals surface area contributed by atoms with Crippen LogP contribution in [0.15, 0.2) is 121 Å². The van der Waals surface area contributed by atoms with Crippen LogP contribution in [0, 0.1) is 6.92 Å². The van der Waals surface area contributed by atoms with Crippen LogP contribution in [-0.4, -0.2) is 42.8 Å². The number of rotatable bonds is 14. The number of benzene rings is 5. The van der Waals surface area contributed by atoms with E-state index in [0.29, 0.717) is 37.9 Å². The molecule has 0 spiro atoms. The fourth-order valence-corrected chi connectivity index (χ4v) is 6.89. The minimum absolute atomic E-state index is 0.472. The fraction of sp³-hybridized carbons (Fsp3) is 0.273. The van der Waals surface area contributed by atoms with Crippen LogP contribution in [0.2, 0.25) is 0 Å². The SMILES string of the molecule is COc1cc(-c2c(C)c3cc(OCc4ccccc4)ccc3n2Cc2ccc(OCCN3CCCCC3)cc2)ccc1OCc1ccccc1. The van der Waals surface area contributed by atoms with Gasteiger partial charge in [0.2, 0.25) is 0 Å². The summed E-state index contributed by atoms with van der Waals surface area (Å²) in [5, 5.41) is 1.16. The lowest BCUT2D eigenvalue weighted by atomic mass is 10.1. The van der Waals surface area contributed by atoms with E-state index in [-0.39, 0.29) is 0 Å². The highest BCUT2D eigenvalue weighted by molar-refractivity contribution is 5.93. The second-order valence-electron chi connectivity index (χ2n) is 13.0. The minimum Gasteiger partial charge on any atom is -0.493 e. The molecule has 7 rings (SSSR count). The summed E-state index contributed by atoms with van der Waals surface area (Å²) in [6, 6.07) is 41.7. The van der Waals surface area contributed by atoms with Gasteiger partial charge in [0, 0.05) is 29.6 Å². The first-order valence-electron chi connectivity index (χ1n) is 17.7. The van der Waals surface area contributed by atoms with Crippen molar-refractivity contribution in [2.24, 2.45) is 0 Å². The molecule has 50 heavy (non-hydrogen) atoms. The van der Waals surface area contributed by atoms with E-state index in [4.69, 9.17) is 18.9 Å². The van der Waals surface area contributed by atoms with Crippen LogP contribution in [0.1, 0.15) is 41.5 Å². The van der Waals surface area contributed by atoms with Crippen LogP contribution in [0.25, 0.3) is 22.2 Å². The summed E-state index contributed by atoms with van der Waals surface area (Å²) in [6.45, 7) is 7.96. The Bertz CT molecular complexity index is 1980. The first kappa shape index (κ1) is 33.3. The number of aromatic nitrogens is 1. The summed E-state index contributed by atoms with van der Waals surface area (Å²) in [4.78, 5) is 2.51. The maximum Gasteiger partial charge on any atom is 0.161 e. The maximum atomic E-state index is 6.27. The van der Waals surface area contributed by atoms with E-state index in [9.17, 15) is 0 Å². The summed E-state index contributed by atoms with van der Waals surface area (Å²) >= 11 is 0. The number of hydrogen-bond donors (Lipinski definition) is 0. The van der Waals surface area contributed by atoms with Crippen LogP contribution in [0.4, 0.5) is 0 Å². The average molecular weight is 667 g/mol. The highest BCUT2D eigenvalue weighted by Gasteiger charge is 2.19. The van der Waals surface area contributed by atoms with E-state index < -0.39 is 0 Å². The van der Waals surface area contributed by atoms with Crippen LogP contribution < -0.4 is 18.9 Å². The van der Waals surface area contributed by atoms with Gasteiger partial charge < -0.3 is 23.5 Å². The highest BCUT2D eigenvalue weighted by Crippen LogP contribution is 2.39. The molecular weight excluding hydrogens is 620 g/mol. The Morgan fingerprint density at radius 3 is 1.98 bits per heavy atom. The quantitative estimate of drug-likeness (QED) is 0.116. The van der Waals surface area contributed by atoms with Crippen molar-refractivity contribution in [3.8, 4) is 34.3 Å². The zero-order valence-corrected chi connectivity index (χ0v) is 29.1. The van der Waals surface area contributed by atoms with Gasteiger partial charge in [-0.1, -0.05) is 79.2 Å². The van der Waals surface area contributed by atoms with Gasteiger partial charge in [-0.05, 0) is 104 Å². The molecule has 1 aromatic heterocycles. The molecule has 0 unspecified atom stereocenters. The van der Waals surface area contributed by atoms with Crippen molar-refractivity contribution in [3.63, 3.8) is 0 Å². The number of likely N-dealkylation sites (tertiary alicyclic amines) is 1. The number of fused-ring (bicyclic) bond motifs is 1. The van der Waals surface area contributed by atoms with Crippen LogP contribution in [0.5, 0.6) is 23.0 Å². The van der Waals surface area contributed by atoms with E-state index in [1.807, 2.05) is 42.5 Å². The van der Waals surface area contributed by atoms with Crippen molar-refractivity contribution in [1.29, 1.82) is 0 Å². The predicted octanol–water partition coefficient (Wildman–Crippen LogP) is 9.70. The Morgan fingerprint density at radius 2 is 1.28 bits per heavy atom. The second kappa shape index (κ2) is 16.0. The number of aryl methyl sites for hydroxylation is 1. The van der Waals surface area contributed by atoms with Crippen molar-refractivity contribution < 1.29 is 18.9 Å². The number of piperidine rings is 1. The van der Waals surface area contributed by atoms with Gasteiger partial charge in [0.15, 0.2) is 11.5 Å². The molecule has 5 aromatic carbocycles. The molecule has 6 heteroatoms. The topological polar surface area (TPSA) is 45.1 Å². The first-order chi connectivity index (χ1) is 24.6. The second-order valence-corrected chi connectivity index (χ2v) is 13.0. The zero-order valence-electron chi connectivity index (χ0n) is 29.1. The van der Waals surface area contributed by atoms with Crippen molar-refractivity contribution in [2.75, 3.05) is 33.4 Å². The fourth-order valence-electron chi connectivity index (χ4n) is 6.89. The lowest BCUT2D eigenvalue weighted by Crippen LogP contribution is -2.33. The summed E-state index contributed by atoms with van der Waals surface area (Å²) < 4.78 is 26.9. The number of hydrogen-bond acceptors (Lipinski definition) is 5. The van der Waals surface area contributed by atoms with E-state index in [1.54, 1.807) is 7.11 Å². The van der Waals surface area contributed by atoms with E-state index in [1.165, 1.54) is 43.5 Å². The van der Waals surface area contributed by atoms with E-state index >= 15 is 0 Å². The molecule has 1 saturated heterocycles. The molecular formula is C44H46N2O4. The molecule has 0 saturated carbocycles. The van der Waals surface area contributed by atoms with Gasteiger partial charge in [-0.15, -0.1) is 0 Å². The van der Waals surface area contributed by atoms with Gasteiger partial charge in [-0.3, -0.25) is 4.90 Å². The van der Waals surface area contributed by atoms with Gasteiger partial charge in [0.25, 0.3) is 0 Å². The zero-order chi connectivity index (χ0) is 34.1. The average Bonchev–Trinajstić information content (AvgIpc) is 3.44. The Hall–Kier alpha value is -5.20. The van der Waals surface area contributed by atoms with E-state index in [2.05, 4.69) is 95.3 Å². The molecule has 0 aliphatic carbocycles. The Labute approximate surface area is 295 Å². The monoisotopic (exact) mass is 666 g/mol. The van der Waals surface area contributed by atoms with Gasteiger partial charge in [-0.25, -0.2) is 0 Å². The molecule has 0 bridgehead atoms. The largest absolute Gasteiger partial charge is 0.493 e. The third-order valence-electron chi connectivity index (χ3n) is 9.60. The van der Waals surface area contributed by atoms with Gasteiger partial charge >= 0.3 is 0 Å². The third kappa shape index (κ3) is 7.98. The molecule has 0 radical (unpaired) electrons. The van der Waals surface area contributed by atoms with Crippen molar-refractivity contribution in [3.05, 3.63) is 144 Å². The molecule has 6 aromatic rings. The summed E-state index contributed by atoms with van der Waals surface area (Å²) in [5.74, 6) is 3.18. The van der Waals surface area contributed by atoms with Crippen molar-refractivity contribution in [1.82, 2.24) is 9.47 Å². The normalized spacial score (nSPS) is 13.3. The molecule has 1 aliphatic heterocycles. The predicted molar refractivity (Wildman–Crippen MR) is 202 cm³/mol. The molecule has 0 amide bonds. The Kier molecular flexibility index (Phi) is 10.7. The third-order valence-corrected chi connectivity index (χ3v) is 9.60. The minimum atomic E-state index is 0.472. The molecule has 256 valence electrons. The molecule has 2 heterocycles. The van der Waals surface area contributed by atoms with Gasteiger partial charge in [0.1, 0.15) is 31.3 Å². The highest BCUT2D eigenvalue weighted by atomic mass is 16.5. The number of nitrogens with zero attached hydrogens (tertiary/aromatic N) is 2. The molecule has 1 aliphatic rings. The smallest absolute Gasteiger partial charge is 0.161 e. The van der Waals surface area contributed by atoms with Gasteiger partial charge in [-0.2, -0.15) is 0 Å². The summed E-state index contributed by atoms with van der Waals surface area (Å²) in [7, 11) is 1.70. The molecule has 1 fully saturated rings. The summed E-state index contributed by atoms with van der Waals surface area (Å²) in [6.07, 6.45) is 3.94. The lowest BCUT2D eigenvalue weighted by molar-refractivity contribution is 0.183. The summed E-state index contributed by atoms with van der Waals surface area (Å²) in [5.41, 5.74) is 7.98. The van der Waals surface area contributed by atoms with Gasteiger partial charge in [0.05, 0.1) is 12.8 Å². The maximum absolute atomic E-state index is 6.27. The Balaban J connectivity index is 1.16. The lowest BCUT2D eigenvalue weighted by Gasteiger charge is -2.26. The molecule has 0 atom stereocenters. The van der Waals surface area contributed by atoms with Crippen LogP contribution >= 0.6 is 0 Å². The number of ether oxygens (including phenoxy) is 4. The van der Waals surface area contributed by atoms with Crippen LogP contribution in [0.3, 0.4) is 0 Å². The van der Waals surface area contributed by atoms with Crippen molar-refractivity contribution >= 4 is 10.9 Å².